The average Bonchev–Trinajstić information content (AvgIpc) is 2.78. The van der Waals surface area contributed by atoms with E-state index in [0.29, 0.717) is 29.4 Å². The number of halogens is 1. The first-order valence-corrected chi connectivity index (χ1v) is 10.2. The molecule has 1 N–H and O–H groups in total. The largest absolute Gasteiger partial charge is 0.493 e. The van der Waals surface area contributed by atoms with Gasteiger partial charge in [0.2, 0.25) is 0 Å². The molecule has 0 saturated carbocycles. The molecule has 1 fully saturated rings. The van der Waals surface area contributed by atoms with Crippen molar-refractivity contribution in [2.45, 2.75) is 6.42 Å². The Kier molecular flexibility index (Phi) is 6.61. The number of rotatable bonds is 8. The summed E-state index contributed by atoms with van der Waals surface area (Å²) in [6, 6.07) is 11.7. The molecule has 4 rings (SSSR count). The van der Waals surface area contributed by atoms with Crippen molar-refractivity contribution in [2.75, 3.05) is 46.4 Å². The van der Waals surface area contributed by atoms with Crippen molar-refractivity contribution in [2.24, 2.45) is 0 Å². The predicted octanol–water partition coefficient (Wildman–Crippen LogP) is 3.85. The zero-order chi connectivity index (χ0) is 20.8. The molecule has 0 atom stereocenters. The Bertz CT molecular complexity index is 993. The second-order valence-corrected chi connectivity index (χ2v) is 7.16. The molecule has 7 heteroatoms. The number of para-hydroxylation sites is 1. The van der Waals surface area contributed by atoms with Gasteiger partial charge in [0.05, 0.1) is 19.2 Å². The number of methoxy groups -OCH3 is 1. The molecule has 0 aliphatic carbocycles. The summed E-state index contributed by atoms with van der Waals surface area (Å²) in [5.41, 5.74) is 0.696. The number of nitrogens with one attached hydrogen (secondary N) is 1. The van der Waals surface area contributed by atoms with Crippen LogP contribution in [0.1, 0.15) is 6.42 Å². The molecule has 3 aromatic rings. The van der Waals surface area contributed by atoms with Crippen LogP contribution in [0.2, 0.25) is 0 Å². The zero-order valence-corrected chi connectivity index (χ0v) is 17.1. The van der Waals surface area contributed by atoms with E-state index in [1.807, 2.05) is 12.1 Å². The quantitative estimate of drug-likeness (QED) is 0.569. The lowest BCUT2D eigenvalue weighted by Crippen LogP contribution is -2.43. The van der Waals surface area contributed by atoms with Gasteiger partial charge in [0.1, 0.15) is 5.75 Å². The fraction of sp³-hybridized carbons (Fsp3) is 0.348. The third-order valence-electron chi connectivity index (χ3n) is 5.13. The van der Waals surface area contributed by atoms with Crippen LogP contribution in [-0.4, -0.2) is 56.3 Å². The number of piperazine rings is 1. The van der Waals surface area contributed by atoms with Gasteiger partial charge in [0, 0.05) is 50.4 Å². The van der Waals surface area contributed by atoms with E-state index in [1.54, 1.807) is 37.6 Å². The minimum atomic E-state index is -0.418. The molecule has 1 aromatic heterocycles. The highest BCUT2D eigenvalue weighted by Gasteiger charge is 2.14. The first-order valence-electron chi connectivity index (χ1n) is 10.2. The summed E-state index contributed by atoms with van der Waals surface area (Å²) >= 11 is 0. The number of aromatic nitrogens is 1. The van der Waals surface area contributed by atoms with Crippen molar-refractivity contribution in [3.8, 4) is 23.0 Å². The first-order chi connectivity index (χ1) is 14.7. The summed E-state index contributed by atoms with van der Waals surface area (Å²) in [6.07, 6.45) is 2.57. The van der Waals surface area contributed by atoms with E-state index >= 15 is 0 Å². The first kappa shape index (κ1) is 20.4. The molecule has 1 aliphatic rings. The van der Waals surface area contributed by atoms with Gasteiger partial charge in [-0.25, -0.2) is 4.39 Å². The minimum absolute atomic E-state index is 0.164. The van der Waals surface area contributed by atoms with Crippen molar-refractivity contribution in [3.05, 3.63) is 54.5 Å². The van der Waals surface area contributed by atoms with E-state index in [9.17, 15) is 4.39 Å². The molecular formula is C23H26FN3O3. The third-order valence-corrected chi connectivity index (χ3v) is 5.13. The van der Waals surface area contributed by atoms with Crippen molar-refractivity contribution in [1.29, 1.82) is 0 Å². The molecule has 0 spiro atoms. The zero-order valence-electron chi connectivity index (χ0n) is 17.1. The Balaban J connectivity index is 1.48. The highest BCUT2D eigenvalue weighted by molar-refractivity contribution is 5.88. The standard InChI is InChI=1S/C23H26FN3O3/c1-28-22-15-17-19(16-23(22)29-14-4-11-27-12-9-25-10-13-27)26-8-7-20(17)30-21-6-3-2-5-18(21)24/h2-3,5-8,15-16,25H,4,9-14H2,1H3. The molecule has 2 aromatic carbocycles. The Morgan fingerprint density at radius 3 is 2.67 bits per heavy atom. The van der Waals surface area contributed by atoms with Gasteiger partial charge < -0.3 is 24.4 Å². The second kappa shape index (κ2) is 9.73. The summed E-state index contributed by atoms with van der Waals surface area (Å²) in [6.45, 7) is 5.85. The molecule has 6 nitrogen and oxygen atoms in total. The summed E-state index contributed by atoms with van der Waals surface area (Å²) in [7, 11) is 1.60. The number of benzene rings is 2. The van der Waals surface area contributed by atoms with E-state index in [0.717, 1.165) is 44.5 Å². The number of ether oxygens (including phenoxy) is 3. The molecule has 158 valence electrons. The Hall–Kier alpha value is -2.90. The maximum atomic E-state index is 14.0. The second-order valence-electron chi connectivity index (χ2n) is 7.16. The van der Waals surface area contributed by atoms with Crippen LogP contribution in [0, 0.1) is 5.82 Å². The van der Waals surface area contributed by atoms with Gasteiger partial charge in [-0.2, -0.15) is 0 Å². The fourth-order valence-electron chi connectivity index (χ4n) is 3.54. The van der Waals surface area contributed by atoms with Crippen LogP contribution in [0.4, 0.5) is 4.39 Å². The van der Waals surface area contributed by atoms with Crippen LogP contribution >= 0.6 is 0 Å². The molecule has 30 heavy (non-hydrogen) atoms. The highest BCUT2D eigenvalue weighted by Crippen LogP contribution is 2.37. The number of fused-ring (bicyclic) bond motifs is 1. The molecule has 0 amide bonds. The molecule has 0 bridgehead atoms. The van der Waals surface area contributed by atoms with Gasteiger partial charge in [-0.3, -0.25) is 4.98 Å². The Labute approximate surface area is 175 Å². The predicted molar refractivity (Wildman–Crippen MR) is 114 cm³/mol. The number of pyridine rings is 1. The molecule has 2 heterocycles. The number of hydrogen-bond acceptors (Lipinski definition) is 6. The van der Waals surface area contributed by atoms with Crippen LogP contribution in [0.15, 0.2) is 48.7 Å². The monoisotopic (exact) mass is 411 g/mol. The van der Waals surface area contributed by atoms with E-state index in [-0.39, 0.29) is 5.75 Å². The van der Waals surface area contributed by atoms with Crippen LogP contribution in [0.3, 0.4) is 0 Å². The van der Waals surface area contributed by atoms with E-state index in [2.05, 4.69) is 15.2 Å². The van der Waals surface area contributed by atoms with Crippen LogP contribution in [0.5, 0.6) is 23.0 Å². The smallest absolute Gasteiger partial charge is 0.165 e. The normalized spacial score (nSPS) is 14.6. The minimum Gasteiger partial charge on any atom is -0.493 e. The van der Waals surface area contributed by atoms with Crippen molar-refractivity contribution < 1.29 is 18.6 Å². The van der Waals surface area contributed by atoms with Crippen LogP contribution in [-0.2, 0) is 0 Å². The van der Waals surface area contributed by atoms with Crippen molar-refractivity contribution in [1.82, 2.24) is 15.2 Å². The van der Waals surface area contributed by atoms with Gasteiger partial charge in [-0.05, 0) is 30.7 Å². The van der Waals surface area contributed by atoms with E-state index < -0.39 is 5.82 Å². The lowest BCUT2D eigenvalue weighted by molar-refractivity contribution is 0.211. The average molecular weight is 411 g/mol. The summed E-state index contributed by atoms with van der Waals surface area (Å²) < 4.78 is 31.3. The molecule has 1 aliphatic heterocycles. The summed E-state index contributed by atoms with van der Waals surface area (Å²) in [5, 5.41) is 4.09. The lowest BCUT2D eigenvalue weighted by atomic mass is 10.1. The van der Waals surface area contributed by atoms with Gasteiger partial charge in [0.15, 0.2) is 23.1 Å². The molecule has 0 radical (unpaired) electrons. The SMILES string of the molecule is COc1cc2c(Oc3ccccc3F)ccnc2cc1OCCCN1CCNCC1. The van der Waals surface area contributed by atoms with E-state index in [1.165, 1.54) is 6.07 Å². The van der Waals surface area contributed by atoms with Gasteiger partial charge in [-0.15, -0.1) is 0 Å². The van der Waals surface area contributed by atoms with Crippen LogP contribution in [0.25, 0.3) is 10.9 Å². The molecule has 1 saturated heterocycles. The number of hydrogen-bond donors (Lipinski definition) is 1. The lowest BCUT2D eigenvalue weighted by Gasteiger charge is -2.27. The summed E-state index contributed by atoms with van der Waals surface area (Å²) in [4.78, 5) is 6.86. The Morgan fingerprint density at radius 2 is 1.87 bits per heavy atom. The fourth-order valence-corrected chi connectivity index (χ4v) is 3.54. The maximum Gasteiger partial charge on any atom is 0.165 e. The van der Waals surface area contributed by atoms with Crippen molar-refractivity contribution in [3.63, 3.8) is 0 Å². The van der Waals surface area contributed by atoms with Gasteiger partial charge in [-0.1, -0.05) is 12.1 Å². The van der Waals surface area contributed by atoms with Gasteiger partial charge in [0.25, 0.3) is 0 Å². The summed E-state index contributed by atoms with van der Waals surface area (Å²) in [5.74, 6) is 1.49. The maximum absolute atomic E-state index is 14.0. The Morgan fingerprint density at radius 1 is 1.03 bits per heavy atom. The van der Waals surface area contributed by atoms with Crippen LogP contribution < -0.4 is 19.5 Å². The molecule has 0 unspecified atom stereocenters. The van der Waals surface area contributed by atoms with Gasteiger partial charge >= 0.3 is 0 Å². The van der Waals surface area contributed by atoms with E-state index in [4.69, 9.17) is 14.2 Å². The van der Waals surface area contributed by atoms with Crippen molar-refractivity contribution >= 4 is 10.9 Å². The number of nitrogens with zero attached hydrogens (tertiary/aromatic N) is 2. The topological polar surface area (TPSA) is 55.9 Å². The highest BCUT2D eigenvalue weighted by atomic mass is 19.1. The third kappa shape index (κ3) is 4.80. The molecular weight excluding hydrogens is 385 g/mol.